The zero-order valence-corrected chi connectivity index (χ0v) is 8.72. The summed E-state index contributed by atoms with van der Waals surface area (Å²) in [7, 11) is 0. The van der Waals surface area contributed by atoms with Crippen LogP contribution in [0.3, 0.4) is 0 Å². The second-order valence-electron chi connectivity index (χ2n) is 3.16. The summed E-state index contributed by atoms with van der Waals surface area (Å²) in [5, 5.41) is 10.7. The van der Waals surface area contributed by atoms with Crippen LogP contribution in [0.25, 0.3) is 10.2 Å². The lowest BCUT2D eigenvalue weighted by molar-refractivity contribution is -0.136. The van der Waals surface area contributed by atoms with Gasteiger partial charge in [0.2, 0.25) is 0 Å². The quantitative estimate of drug-likeness (QED) is 0.794. The predicted octanol–water partition coefficient (Wildman–Crippen LogP) is 0.920. The molecule has 0 atom stereocenters. The molecular weight excluding hydrogens is 216 g/mol. The molecule has 2 aromatic heterocycles. The predicted molar refractivity (Wildman–Crippen MR) is 56.3 cm³/mol. The molecule has 2 aromatic rings. The summed E-state index contributed by atoms with van der Waals surface area (Å²) < 4.78 is 0. The molecule has 0 saturated carbocycles. The minimum Gasteiger partial charge on any atom is -0.481 e. The van der Waals surface area contributed by atoms with Crippen molar-refractivity contribution >= 4 is 27.5 Å². The SMILES string of the molecule is Cc1nc2scc(CC(=O)O)c2c(=O)[nH]1. The van der Waals surface area contributed by atoms with Crippen molar-refractivity contribution in [3.8, 4) is 0 Å². The van der Waals surface area contributed by atoms with Crippen LogP contribution in [0.15, 0.2) is 10.2 Å². The Kier molecular flexibility index (Phi) is 2.28. The molecule has 0 aliphatic carbocycles. The highest BCUT2D eigenvalue weighted by molar-refractivity contribution is 7.16. The molecule has 2 rings (SSSR count). The lowest BCUT2D eigenvalue weighted by atomic mass is 10.2. The summed E-state index contributed by atoms with van der Waals surface area (Å²) >= 11 is 1.29. The smallest absolute Gasteiger partial charge is 0.307 e. The monoisotopic (exact) mass is 224 g/mol. The number of hydrogen-bond donors (Lipinski definition) is 2. The number of aromatic nitrogens is 2. The van der Waals surface area contributed by atoms with Crippen LogP contribution in [0, 0.1) is 6.92 Å². The van der Waals surface area contributed by atoms with Crippen LogP contribution in [0.2, 0.25) is 0 Å². The highest BCUT2D eigenvalue weighted by atomic mass is 32.1. The minimum atomic E-state index is -0.949. The van der Waals surface area contributed by atoms with Crippen molar-refractivity contribution in [3.05, 3.63) is 27.1 Å². The third-order valence-electron chi connectivity index (χ3n) is 1.98. The normalized spacial score (nSPS) is 10.7. The van der Waals surface area contributed by atoms with E-state index in [1.165, 1.54) is 11.3 Å². The number of hydrogen-bond acceptors (Lipinski definition) is 4. The van der Waals surface area contributed by atoms with Crippen LogP contribution in [-0.2, 0) is 11.2 Å². The van der Waals surface area contributed by atoms with E-state index in [4.69, 9.17) is 5.11 Å². The number of carboxylic acids is 1. The Morgan fingerprint density at radius 2 is 2.40 bits per heavy atom. The first-order valence-electron chi connectivity index (χ1n) is 4.26. The second-order valence-corrected chi connectivity index (χ2v) is 4.02. The zero-order chi connectivity index (χ0) is 11.0. The molecule has 0 bridgehead atoms. The fourth-order valence-corrected chi connectivity index (χ4v) is 2.39. The maximum absolute atomic E-state index is 11.6. The molecule has 0 aliphatic rings. The van der Waals surface area contributed by atoms with E-state index in [2.05, 4.69) is 9.97 Å². The third kappa shape index (κ3) is 1.75. The largest absolute Gasteiger partial charge is 0.481 e. The molecule has 0 unspecified atom stereocenters. The zero-order valence-electron chi connectivity index (χ0n) is 7.90. The first kappa shape index (κ1) is 9.85. The van der Waals surface area contributed by atoms with Gasteiger partial charge in [-0.15, -0.1) is 11.3 Å². The number of fused-ring (bicyclic) bond motifs is 1. The number of aliphatic carboxylic acids is 1. The summed E-state index contributed by atoms with van der Waals surface area (Å²) in [5.74, 6) is -0.411. The van der Waals surface area contributed by atoms with Crippen molar-refractivity contribution in [2.24, 2.45) is 0 Å². The van der Waals surface area contributed by atoms with Gasteiger partial charge in [-0.3, -0.25) is 9.59 Å². The van der Waals surface area contributed by atoms with E-state index in [1.807, 2.05) is 0 Å². The van der Waals surface area contributed by atoms with Crippen LogP contribution < -0.4 is 5.56 Å². The Morgan fingerprint density at radius 1 is 1.67 bits per heavy atom. The Bertz CT molecular complexity index is 585. The maximum atomic E-state index is 11.6. The molecule has 0 amide bonds. The topological polar surface area (TPSA) is 83.0 Å². The molecule has 0 radical (unpaired) electrons. The molecule has 6 heteroatoms. The van der Waals surface area contributed by atoms with Crippen LogP contribution in [0.5, 0.6) is 0 Å². The summed E-state index contributed by atoms with van der Waals surface area (Å²) in [5.41, 5.74) is 0.256. The van der Waals surface area contributed by atoms with Gasteiger partial charge in [-0.1, -0.05) is 0 Å². The molecular formula is C9H8N2O3S. The molecule has 2 heterocycles. The van der Waals surface area contributed by atoms with Crippen molar-refractivity contribution in [2.45, 2.75) is 13.3 Å². The summed E-state index contributed by atoms with van der Waals surface area (Å²) in [6.07, 6.45) is -0.145. The molecule has 0 fully saturated rings. The van der Waals surface area contributed by atoms with Gasteiger partial charge in [0.05, 0.1) is 11.8 Å². The van der Waals surface area contributed by atoms with E-state index in [0.717, 1.165) is 0 Å². The first-order valence-corrected chi connectivity index (χ1v) is 5.14. The van der Waals surface area contributed by atoms with Crippen LogP contribution >= 0.6 is 11.3 Å². The van der Waals surface area contributed by atoms with Gasteiger partial charge in [0.15, 0.2) is 0 Å². The Balaban J connectivity index is 2.69. The van der Waals surface area contributed by atoms with Crippen molar-refractivity contribution in [2.75, 3.05) is 0 Å². The Labute approximate surface area is 88.4 Å². The average Bonchev–Trinajstić information content (AvgIpc) is 2.46. The molecule has 5 nitrogen and oxygen atoms in total. The van der Waals surface area contributed by atoms with E-state index in [0.29, 0.717) is 21.6 Å². The molecule has 0 aliphatic heterocycles. The first-order chi connectivity index (χ1) is 7.08. The molecule has 0 spiro atoms. The highest BCUT2D eigenvalue weighted by Crippen LogP contribution is 2.21. The number of nitrogens with one attached hydrogen (secondary N) is 1. The lowest BCUT2D eigenvalue weighted by Gasteiger charge is -1.95. The van der Waals surface area contributed by atoms with Gasteiger partial charge in [-0.2, -0.15) is 0 Å². The molecule has 78 valence electrons. The standard InChI is InChI=1S/C9H8N2O3S/c1-4-10-8(14)7-5(2-6(12)13)3-15-9(7)11-4/h3H,2H2,1H3,(H,12,13)(H,10,11,14). The Morgan fingerprint density at radius 3 is 3.07 bits per heavy atom. The van der Waals surface area contributed by atoms with E-state index in [1.54, 1.807) is 12.3 Å². The van der Waals surface area contributed by atoms with E-state index in [-0.39, 0.29) is 12.0 Å². The minimum absolute atomic E-state index is 0.145. The number of aromatic amines is 1. The number of H-pyrrole nitrogens is 1. The van der Waals surface area contributed by atoms with Crippen molar-refractivity contribution in [1.29, 1.82) is 0 Å². The lowest BCUT2D eigenvalue weighted by Crippen LogP contribution is -2.11. The number of carboxylic acid groups (broad SMARTS) is 1. The summed E-state index contributed by atoms with van der Waals surface area (Å²) in [4.78, 5) is 29.4. The molecule has 0 aromatic carbocycles. The van der Waals surface area contributed by atoms with Gasteiger partial charge in [-0.05, 0) is 17.9 Å². The molecule has 0 saturated heterocycles. The average molecular weight is 224 g/mol. The van der Waals surface area contributed by atoms with Gasteiger partial charge in [0.25, 0.3) is 5.56 Å². The van der Waals surface area contributed by atoms with Gasteiger partial charge >= 0.3 is 5.97 Å². The fourth-order valence-electron chi connectivity index (χ4n) is 1.41. The van der Waals surface area contributed by atoms with Gasteiger partial charge in [0.1, 0.15) is 10.7 Å². The third-order valence-corrected chi connectivity index (χ3v) is 2.90. The van der Waals surface area contributed by atoms with Crippen LogP contribution in [0.4, 0.5) is 0 Å². The number of nitrogens with zero attached hydrogens (tertiary/aromatic N) is 1. The van der Waals surface area contributed by atoms with Crippen LogP contribution in [0.1, 0.15) is 11.4 Å². The van der Waals surface area contributed by atoms with Crippen molar-refractivity contribution in [1.82, 2.24) is 9.97 Å². The fraction of sp³-hybridized carbons (Fsp3) is 0.222. The van der Waals surface area contributed by atoms with Gasteiger partial charge in [0, 0.05) is 0 Å². The second kappa shape index (κ2) is 3.47. The summed E-state index contributed by atoms with van der Waals surface area (Å²) in [6.45, 7) is 1.69. The van der Waals surface area contributed by atoms with E-state index in [9.17, 15) is 9.59 Å². The molecule has 15 heavy (non-hydrogen) atoms. The summed E-state index contributed by atoms with van der Waals surface area (Å²) in [6, 6.07) is 0. The van der Waals surface area contributed by atoms with Crippen molar-refractivity contribution in [3.63, 3.8) is 0 Å². The molecule has 2 N–H and O–H groups in total. The maximum Gasteiger partial charge on any atom is 0.307 e. The highest BCUT2D eigenvalue weighted by Gasteiger charge is 2.12. The number of carbonyl (C=O) groups is 1. The van der Waals surface area contributed by atoms with Gasteiger partial charge in [-0.25, -0.2) is 4.98 Å². The van der Waals surface area contributed by atoms with E-state index >= 15 is 0 Å². The van der Waals surface area contributed by atoms with Gasteiger partial charge < -0.3 is 10.1 Å². The number of rotatable bonds is 2. The van der Waals surface area contributed by atoms with Crippen molar-refractivity contribution < 1.29 is 9.90 Å². The van der Waals surface area contributed by atoms with Crippen LogP contribution in [-0.4, -0.2) is 21.0 Å². The Hall–Kier alpha value is -1.69. The number of thiophene rings is 1. The number of aryl methyl sites for hydroxylation is 1. The van der Waals surface area contributed by atoms with E-state index < -0.39 is 5.97 Å².